The predicted molar refractivity (Wildman–Crippen MR) is 133 cm³/mol. The first-order valence-corrected chi connectivity index (χ1v) is 10.4. The second kappa shape index (κ2) is 11.0. The van der Waals surface area contributed by atoms with Crippen LogP contribution in [0.4, 0.5) is 0 Å². The number of nitrogens with zero attached hydrogens (tertiary/aromatic N) is 4. The Hall–Kier alpha value is -4.04. The van der Waals surface area contributed by atoms with Crippen molar-refractivity contribution in [2.75, 3.05) is 27.7 Å². The molecule has 0 bridgehead atoms. The molecule has 8 heteroatoms. The second-order valence-electron chi connectivity index (χ2n) is 7.50. The molecule has 0 fully saturated rings. The molecule has 3 heterocycles. The van der Waals surface area contributed by atoms with E-state index in [-0.39, 0.29) is 5.91 Å². The summed E-state index contributed by atoms with van der Waals surface area (Å²) in [5, 5.41) is 3.71. The number of likely N-dealkylation sites (N-methyl/N-ethyl adjacent to an activating group) is 1. The highest BCUT2D eigenvalue weighted by atomic mass is 16.5. The molecule has 0 aliphatic carbocycles. The Morgan fingerprint density at radius 1 is 1.30 bits per heavy atom. The highest BCUT2D eigenvalue weighted by molar-refractivity contribution is 5.96. The molecule has 0 aliphatic rings. The van der Waals surface area contributed by atoms with Crippen molar-refractivity contribution in [3.05, 3.63) is 72.5 Å². The minimum absolute atomic E-state index is 0.264. The fourth-order valence-electron chi connectivity index (χ4n) is 3.20. The molecule has 8 nitrogen and oxygen atoms in total. The molecule has 0 radical (unpaired) electrons. The van der Waals surface area contributed by atoms with E-state index in [1.54, 1.807) is 31.7 Å². The summed E-state index contributed by atoms with van der Waals surface area (Å²) in [5.41, 5.74) is 4.43. The SMILES string of the molecule is C=N/C(=C\C(=C/C)c1cnc2[nH]cc(-c3ccc(OC)nc3)c2c1)NC(=O)/C=C/CN(C)C. The Bertz CT molecular complexity index is 1220. The quantitative estimate of drug-likeness (QED) is 0.297. The fraction of sp³-hybridized carbons (Fsp3) is 0.200. The van der Waals surface area contributed by atoms with Crippen molar-refractivity contribution in [1.29, 1.82) is 0 Å². The van der Waals surface area contributed by atoms with E-state index >= 15 is 0 Å². The monoisotopic (exact) mass is 444 g/mol. The smallest absolute Gasteiger partial charge is 0.249 e. The Balaban J connectivity index is 1.88. The summed E-state index contributed by atoms with van der Waals surface area (Å²) >= 11 is 0. The van der Waals surface area contributed by atoms with E-state index in [1.165, 1.54) is 6.08 Å². The molecule has 0 atom stereocenters. The number of amides is 1. The lowest BCUT2D eigenvalue weighted by Gasteiger charge is -2.07. The number of aromatic amines is 1. The average Bonchev–Trinajstić information content (AvgIpc) is 3.24. The Kier molecular flexibility index (Phi) is 7.88. The van der Waals surface area contributed by atoms with Gasteiger partial charge in [0, 0.05) is 59.4 Å². The number of hydrogen-bond acceptors (Lipinski definition) is 6. The molecule has 3 aromatic heterocycles. The number of rotatable bonds is 9. The number of aliphatic imine (C=N–C) groups is 1. The molecular formula is C25H28N6O2. The molecular weight excluding hydrogens is 416 g/mol. The molecule has 0 unspecified atom stereocenters. The van der Waals surface area contributed by atoms with Gasteiger partial charge in [0.15, 0.2) is 0 Å². The largest absolute Gasteiger partial charge is 0.481 e. The number of aromatic nitrogens is 3. The van der Waals surface area contributed by atoms with E-state index in [4.69, 9.17) is 4.74 Å². The number of carbonyl (C=O) groups excluding carboxylic acids is 1. The molecule has 0 saturated heterocycles. The molecule has 0 aromatic carbocycles. The van der Waals surface area contributed by atoms with Gasteiger partial charge >= 0.3 is 0 Å². The van der Waals surface area contributed by atoms with E-state index in [0.717, 1.165) is 33.3 Å². The third-order valence-corrected chi connectivity index (χ3v) is 4.89. The summed E-state index contributed by atoms with van der Waals surface area (Å²) in [4.78, 5) is 30.2. The van der Waals surface area contributed by atoms with Gasteiger partial charge in [0.1, 0.15) is 11.5 Å². The van der Waals surface area contributed by atoms with Crippen LogP contribution >= 0.6 is 0 Å². The summed E-state index contributed by atoms with van der Waals surface area (Å²) in [7, 11) is 5.46. The molecule has 2 N–H and O–H groups in total. The number of ether oxygens (including phenoxy) is 1. The van der Waals surface area contributed by atoms with Crippen LogP contribution in [-0.4, -0.2) is 60.2 Å². The summed E-state index contributed by atoms with van der Waals surface area (Å²) in [6.45, 7) is 6.17. The zero-order chi connectivity index (χ0) is 23.8. The standard InChI is InChI=1S/C25H28N6O2/c1-6-17(13-22(26-2)30-23(32)8-7-11-31(3)4)19-12-20-21(16-29-25(20)28-15-19)18-9-10-24(33-5)27-14-18/h6-10,12-16H,2,11H2,1,3-5H3,(H,28,29)(H,30,32)/b8-7+,17-6+,22-13+. The van der Waals surface area contributed by atoms with Gasteiger partial charge in [0.25, 0.3) is 0 Å². The van der Waals surface area contributed by atoms with Gasteiger partial charge in [-0.1, -0.05) is 12.2 Å². The first kappa shape index (κ1) is 23.6. The Morgan fingerprint density at radius 2 is 2.12 bits per heavy atom. The van der Waals surface area contributed by atoms with E-state index in [9.17, 15) is 4.79 Å². The van der Waals surface area contributed by atoms with Crippen LogP contribution < -0.4 is 10.1 Å². The number of hydrogen-bond donors (Lipinski definition) is 2. The van der Waals surface area contributed by atoms with E-state index in [2.05, 4.69) is 32.0 Å². The third kappa shape index (κ3) is 6.02. The topological polar surface area (TPSA) is 95.5 Å². The normalized spacial score (nSPS) is 12.5. The maximum Gasteiger partial charge on any atom is 0.249 e. The maximum atomic E-state index is 12.2. The number of pyridine rings is 2. The predicted octanol–water partition coefficient (Wildman–Crippen LogP) is 3.81. The van der Waals surface area contributed by atoms with Crippen LogP contribution in [-0.2, 0) is 4.79 Å². The lowest BCUT2D eigenvalue weighted by molar-refractivity contribution is -0.115. The van der Waals surface area contributed by atoms with Crippen molar-refractivity contribution < 1.29 is 9.53 Å². The van der Waals surface area contributed by atoms with Gasteiger partial charge in [-0.05, 0) is 51.5 Å². The third-order valence-electron chi connectivity index (χ3n) is 4.89. The van der Waals surface area contributed by atoms with E-state index < -0.39 is 0 Å². The number of H-pyrrole nitrogens is 1. The molecule has 1 amide bonds. The van der Waals surface area contributed by atoms with Crippen molar-refractivity contribution in [1.82, 2.24) is 25.2 Å². The number of carbonyl (C=O) groups is 1. The van der Waals surface area contributed by atoms with Gasteiger partial charge in [-0.3, -0.25) is 4.79 Å². The first-order chi connectivity index (χ1) is 15.9. The van der Waals surface area contributed by atoms with Crippen molar-refractivity contribution in [2.24, 2.45) is 4.99 Å². The molecule has 33 heavy (non-hydrogen) atoms. The molecule has 170 valence electrons. The number of fused-ring (bicyclic) bond motifs is 1. The van der Waals surface area contributed by atoms with Crippen LogP contribution in [0, 0.1) is 0 Å². The molecule has 0 spiro atoms. The summed E-state index contributed by atoms with van der Waals surface area (Å²) in [6, 6.07) is 5.82. The van der Waals surface area contributed by atoms with Crippen LogP contribution in [0.2, 0.25) is 0 Å². The van der Waals surface area contributed by atoms with Crippen LogP contribution in [0.25, 0.3) is 27.7 Å². The average molecular weight is 445 g/mol. The zero-order valence-electron chi connectivity index (χ0n) is 19.3. The highest BCUT2D eigenvalue weighted by Crippen LogP contribution is 2.30. The van der Waals surface area contributed by atoms with Crippen molar-refractivity contribution in [2.45, 2.75) is 6.92 Å². The highest BCUT2D eigenvalue weighted by Gasteiger charge is 2.11. The van der Waals surface area contributed by atoms with Crippen LogP contribution in [0.15, 0.2) is 71.9 Å². The number of allylic oxidation sites excluding steroid dienone is 3. The van der Waals surface area contributed by atoms with Gasteiger partial charge in [-0.15, -0.1) is 0 Å². The van der Waals surface area contributed by atoms with Crippen LogP contribution in [0.5, 0.6) is 5.88 Å². The van der Waals surface area contributed by atoms with Gasteiger partial charge in [0.2, 0.25) is 11.8 Å². The maximum absolute atomic E-state index is 12.2. The van der Waals surface area contributed by atoms with Gasteiger partial charge in [-0.2, -0.15) is 0 Å². The summed E-state index contributed by atoms with van der Waals surface area (Å²) in [6.07, 6.45) is 12.4. The van der Waals surface area contributed by atoms with Gasteiger partial charge < -0.3 is 19.9 Å². The fourth-order valence-corrected chi connectivity index (χ4v) is 3.20. The van der Waals surface area contributed by atoms with Crippen molar-refractivity contribution in [3.8, 4) is 17.0 Å². The molecule has 3 rings (SSSR count). The van der Waals surface area contributed by atoms with E-state index in [1.807, 2.05) is 56.4 Å². The van der Waals surface area contributed by atoms with Crippen molar-refractivity contribution in [3.63, 3.8) is 0 Å². The minimum atomic E-state index is -0.264. The lowest BCUT2D eigenvalue weighted by atomic mass is 10.0. The lowest BCUT2D eigenvalue weighted by Crippen LogP contribution is -2.20. The molecule has 0 aliphatic heterocycles. The zero-order valence-corrected chi connectivity index (χ0v) is 19.3. The first-order valence-electron chi connectivity index (χ1n) is 10.4. The van der Waals surface area contributed by atoms with Crippen LogP contribution in [0.3, 0.4) is 0 Å². The summed E-state index contributed by atoms with van der Waals surface area (Å²) in [5.74, 6) is 0.651. The molecule has 0 saturated carbocycles. The number of methoxy groups -OCH3 is 1. The van der Waals surface area contributed by atoms with E-state index in [0.29, 0.717) is 18.2 Å². The van der Waals surface area contributed by atoms with Gasteiger partial charge in [-0.25, -0.2) is 15.0 Å². The summed E-state index contributed by atoms with van der Waals surface area (Å²) < 4.78 is 5.15. The Morgan fingerprint density at radius 3 is 2.76 bits per heavy atom. The number of nitrogens with one attached hydrogen (secondary N) is 2. The van der Waals surface area contributed by atoms with Crippen molar-refractivity contribution >= 4 is 29.2 Å². The Labute approximate surface area is 193 Å². The molecule has 3 aromatic rings. The minimum Gasteiger partial charge on any atom is -0.481 e. The van der Waals surface area contributed by atoms with Gasteiger partial charge in [0.05, 0.1) is 7.11 Å². The second-order valence-corrected chi connectivity index (χ2v) is 7.50. The van der Waals surface area contributed by atoms with Crippen LogP contribution in [0.1, 0.15) is 12.5 Å².